The third kappa shape index (κ3) is 4.51. The summed E-state index contributed by atoms with van der Waals surface area (Å²) in [5, 5.41) is 15.5. The van der Waals surface area contributed by atoms with Crippen LogP contribution in [0, 0.1) is 5.82 Å². The van der Waals surface area contributed by atoms with Gasteiger partial charge in [0.2, 0.25) is 0 Å². The first-order chi connectivity index (χ1) is 10.6. The zero-order valence-electron chi connectivity index (χ0n) is 12.8. The number of aryl methyl sites for hydroxylation is 1. The predicted octanol–water partition coefficient (Wildman–Crippen LogP) is 2.13. The molecule has 0 aliphatic carbocycles. The Bertz CT molecular complexity index is 651. The van der Waals surface area contributed by atoms with E-state index in [0.717, 1.165) is 17.7 Å². The number of nitrogens with one attached hydrogen (secondary N) is 2. The van der Waals surface area contributed by atoms with Crippen LogP contribution < -0.4 is 10.6 Å². The summed E-state index contributed by atoms with van der Waals surface area (Å²) in [6.45, 7) is 3.72. The Kier molecular flexibility index (Phi) is 5.41. The van der Waals surface area contributed by atoms with Crippen molar-refractivity contribution < 1.29 is 9.50 Å². The van der Waals surface area contributed by atoms with Gasteiger partial charge in [-0.2, -0.15) is 0 Å². The highest BCUT2D eigenvalue weighted by Crippen LogP contribution is 2.15. The number of guanidine groups is 1. The van der Waals surface area contributed by atoms with Gasteiger partial charge in [-0.05, 0) is 36.2 Å². The standard InChI is InChI=1S/C16H21FN4O/c1-3-18-16(20-10-13-6-7-21(2)11-13)19-9-12-4-5-15(22)14(17)8-12/h4-8,11,22H,3,9-10H2,1-2H3,(H2,18,19,20). The fraction of sp³-hybridized carbons (Fsp3) is 0.312. The van der Waals surface area contributed by atoms with Gasteiger partial charge in [0.05, 0.1) is 6.54 Å². The first kappa shape index (κ1) is 15.9. The summed E-state index contributed by atoms with van der Waals surface area (Å²) in [5.41, 5.74) is 1.86. The lowest BCUT2D eigenvalue weighted by molar-refractivity contribution is 0.431. The summed E-state index contributed by atoms with van der Waals surface area (Å²) in [4.78, 5) is 4.49. The number of hydrogen-bond donors (Lipinski definition) is 3. The molecular formula is C16H21FN4O. The fourth-order valence-corrected chi connectivity index (χ4v) is 2.01. The molecule has 0 aliphatic heterocycles. The van der Waals surface area contributed by atoms with Crippen molar-refractivity contribution in [2.24, 2.45) is 12.0 Å². The zero-order valence-corrected chi connectivity index (χ0v) is 12.8. The van der Waals surface area contributed by atoms with Crippen molar-refractivity contribution >= 4 is 5.96 Å². The Balaban J connectivity index is 1.97. The maximum atomic E-state index is 13.3. The largest absolute Gasteiger partial charge is 0.505 e. The molecule has 0 saturated carbocycles. The Morgan fingerprint density at radius 3 is 2.73 bits per heavy atom. The zero-order chi connectivity index (χ0) is 15.9. The van der Waals surface area contributed by atoms with Gasteiger partial charge < -0.3 is 20.3 Å². The topological polar surface area (TPSA) is 61.6 Å². The third-order valence-corrected chi connectivity index (χ3v) is 3.13. The van der Waals surface area contributed by atoms with E-state index >= 15 is 0 Å². The number of aromatic hydroxyl groups is 1. The molecule has 1 aromatic heterocycles. The molecular weight excluding hydrogens is 283 g/mol. The molecule has 2 aromatic rings. The number of phenolic OH excluding ortho intramolecular Hbond substituents is 1. The molecule has 22 heavy (non-hydrogen) atoms. The van der Waals surface area contributed by atoms with Crippen LogP contribution in [0.15, 0.2) is 41.7 Å². The second-order valence-corrected chi connectivity index (χ2v) is 5.02. The Labute approximate surface area is 129 Å². The van der Waals surface area contributed by atoms with Crippen molar-refractivity contribution in [3.63, 3.8) is 0 Å². The first-order valence-electron chi connectivity index (χ1n) is 7.19. The smallest absolute Gasteiger partial charge is 0.191 e. The van der Waals surface area contributed by atoms with Gasteiger partial charge in [0, 0.05) is 32.5 Å². The van der Waals surface area contributed by atoms with Crippen molar-refractivity contribution in [3.05, 3.63) is 53.6 Å². The Morgan fingerprint density at radius 1 is 1.27 bits per heavy atom. The number of aliphatic imine (C=N–C) groups is 1. The average Bonchev–Trinajstić information content (AvgIpc) is 2.91. The van der Waals surface area contributed by atoms with E-state index in [1.807, 2.05) is 37.0 Å². The van der Waals surface area contributed by atoms with E-state index in [0.29, 0.717) is 19.0 Å². The lowest BCUT2D eigenvalue weighted by Crippen LogP contribution is -2.36. The van der Waals surface area contributed by atoms with Crippen molar-refractivity contribution in [1.29, 1.82) is 0 Å². The molecule has 0 radical (unpaired) electrons. The fourth-order valence-electron chi connectivity index (χ4n) is 2.01. The van der Waals surface area contributed by atoms with E-state index in [-0.39, 0.29) is 5.75 Å². The average molecular weight is 304 g/mol. The molecule has 0 aliphatic rings. The number of hydrogen-bond acceptors (Lipinski definition) is 2. The van der Waals surface area contributed by atoms with Gasteiger partial charge in [-0.25, -0.2) is 9.38 Å². The lowest BCUT2D eigenvalue weighted by atomic mass is 10.2. The summed E-state index contributed by atoms with van der Waals surface area (Å²) >= 11 is 0. The van der Waals surface area contributed by atoms with Gasteiger partial charge in [-0.1, -0.05) is 6.07 Å². The van der Waals surface area contributed by atoms with Gasteiger partial charge in [-0.3, -0.25) is 0 Å². The van der Waals surface area contributed by atoms with Crippen LogP contribution in [-0.4, -0.2) is 22.2 Å². The van der Waals surface area contributed by atoms with E-state index in [1.165, 1.54) is 12.1 Å². The predicted molar refractivity (Wildman–Crippen MR) is 85.1 cm³/mol. The van der Waals surface area contributed by atoms with Crippen LogP contribution >= 0.6 is 0 Å². The highest BCUT2D eigenvalue weighted by atomic mass is 19.1. The number of halogens is 1. The maximum Gasteiger partial charge on any atom is 0.191 e. The van der Waals surface area contributed by atoms with Crippen LogP contribution in [0.3, 0.4) is 0 Å². The molecule has 2 rings (SSSR count). The van der Waals surface area contributed by atoms with E-state index in [4.69, 9.17) is 0 Å². The third-order valence-electron chi connectivity index (χ3n) is 3.13. The summed E-state index contributed by atoms with van der Waals surface area (Å²) in [6.07, 6.45) is 3.99. The van der Waals surface area contributed by atoms with Gasteiger partial charge in [0.25, 0.3) is 0 Å². The number of aromatic nitrogens is 1. The molecule has 0 saturated heterocycles. The Hall–Kier alpha value is -2.50. The SMILES string of the molecule is CCNC(=NCc1ccn(C)c1)NCc1ccc(O)c(F)c1. The molecule has 5 nitrogen and oxygen atoms in total. The van der Waals surface area contributed by atoms with E-state index in [1.54, 1.807) is 6.07 Å². The van der Waals surface area contributed by atoms with Crippen LogP contribution in [0.2, 0.25) is 0 Å². The van der Waals surface area contributed by atoms with Gasteiger partial charge >= 0.3 is 0 Å². The lowest BCUT2D eigenvalue weighted by Gasteiger charge is -2.11. The highest BCUT2D eigenvalue weighted by molar-refractivity contribution is 5.79. The molecule has 0 unspecified atom stereocenters. The van der Waals surface area contributed by atoms with Crippen LogP contribution in [0.5, 0.6) is 5.75 Å². The number of rotatable bonds is 5. The highest BCUT2D eigenvalue weighted by Gasteiger charge is 2.03. The van der Waals surface area contributed by atoms with Crippen LogP contribution in [-0.2, 0) is 20.1 Å². The molecule has 6 heteroatoms. The summed E-state index contributed by atoms with van der Waals surface area (Å²) in [6, 6.07) is 6.35. The number of nitrogens with zero attached hydrogens (tertiary/aromatic N) is 2. The Morgan fingerprint density at radius 2 is 2.09 bits per heavy atom. The molecule has 1 aromatic carbocycles. The second kappa shape index (κ2) is 7.49. The van der Waals surface area contributed by atoms with Gasteiger partial charge in [0.15, 0.2) is 17.5 Å². The summed E-state index contributed by atoms with van der Waals surface area (Å²) < 4.78 is 15.3. The minimum Gasteiger partial charge on any atom is -0.505 e. The monoisotopic (exact) mass is 304 g/mol. The van der Waals surface area contributed by atoms with Crippen LogP contribution in [0.4, 0.5) is 4.39 Å². The molecule has 0 amide bonds. The van der Waals surface area contributed by atoms with E-state index in [2.05, 4.69) is 15.6 Å². The van der Waals surface area contributed by atoms with E-state index in [9.17, 15) is 9.50 Å². The van der Waals surface area contributed by atoms with Gasteiger partial charge in [-0.15, -0.1) is 0 Å². The van der Waals surface area contributed by atoms with Gasteiger partial charge in [0.1, 0.15) is 0 Å². The van der Waals surface area contributed by atoms with Crippen molar-refractivity contribution in [3.8, 4) is 5.75 Å². The molecule has 0 bridgehead atoms. The summed E-state index contributed by atoms with van der Waals surface area (Å²) in [5.74, 6) is -0.293. The molecule has 0 atom stereocenters. The first-order valence-corrected chi connectivity index (χ1v) is 7.19. The van der Waals surface area contributed by atoms with Crippen LogP contribution in [0.25, 0.3) is 0 Å². The minimum atomic E-state index is -0.620. The molecule has 118 valence electrons. The van der Waals surface area contributed by atoms with Crippen LogP contribution in [0.1, 0.15) is 18.1 Å². The second-order valence-electron chi connectivity index (χ2n) is 5.02. The molecule has 1 heterocycles. The van der Waals surface area contributed by atoms with Crippen molar-refractivity contribution in [2.75, 3.05) is 6.54 Å². The molecule has 0 fully saturated rings. The van der Waals surface area contributed by atoms with Crippen molar-refractivity contribution in [2.45, 2.75) is 20.0 Å². The normalized spacial score (nSPS) is 11.5. The maximum absolute atomic E-state index is 13.3. The molecule has 0 spiro atoms. The van der Waals surface area contributed by atoms with Crippen molar-refractivity contribution in [1.82, 2.24) is 15.2 Å². The van der Waals surface area contributed by atoms with E-state index < -0.39 is 5.82 Å². The quantitative estimate of drug-likeness (QED) is 0.586. The minimum absolute atomic E-state index is 0.339. The summed E-state index contributed by atoms with van der Waals surface area (Å²) in [7, 11) is 1.97. The molecule has 3 N–H and O–H groups in total. The number of benzene rings is 1. The number of phenols is 1.